The molecule has 2 heteroatoms. The third-order valence-corrected chi connectivity index (χ3v) is 2.35. The van der Waals surface area contributed by atoms with Crippen LogP contribution in [0.2, 0.25) is 0 Å². The third kappa shape index (κ3) is 3.51. The van der Waals surface area contributed by atoms with E-state index in [0.717, 1.165) is 25.4 Å². The highest BCUT2D eigenvalue weighted by Crippen LogP contribution is 2.17. The van der Waals surface area contributed by atoms with Gasteiger partial charge in [-0.05, 0) is 44.7 Å². The van der Waals surface area contributed by atoms with Crippen LogP contribution in [-0.2, 0) is 4.79 Å². The molecule has 0 bridgehead atoms. The summed E-state index contributed by atoms with van der Waals surface area (Å²) in [5, 5.41) is 3.33. The van der Waals surface area contributed by atoms with Crippen molar-refractivity contribution in [2.24, 2.45) is 5.92 Å². The standard InChI is InChI=1S/C9H16NO/c11-8-2-1-3-9-4-6-10-7-5-9/h9-10H,1-7H2. The molecule has 0 aromatic heterocycles. The zero-order valence-electron chi connectivity index (χ0n) is 6.94. The van der Waals surface area contributed by atoms with Gasteiger partial charge in [-0.3, -0.25) is 4.79 Å². The van der Waals surface area contributed by atoms with Gasteiger partial charge < -0.3 is 5.32 Å². The number of hydrogen-bond donors (Lipinski definition) is 1. The Morgan fingerprint density at radius 3 is 2.73 bits per heavy atom. The first-order valence-corrected chi connectivity index (χ1v) is 4.49. The number of nitrogens with one attached hydrogen (secondary N) is 1. The molecule has 0 atom stereocenters. The monoisotopic (exact) mass is 154 g/mol. The molecule has 11 heavy (non-hydrogen) atoms. The highest BCUT2D eigenvalue weighted by Gasteiger charge is 2.11. The van der Waals surface area contributed by atoms with Crippen LogP contribution in [-0.4, -0.2) is 19.4 Å². The summed E-state index contributed by atoms with van der Waals surface area (Å²) in [6.45, 7) is 2.32. The van der Waals surface area contributed by atoms with E-state index in [1.165, 1.54) is 19.3 Å². The van der Waals surface area contributed by atoms with Crippen molar-refractivity contribution in [3.05, 3.63) is 0 Å². The second kappa shape index (κ2) is 5.30. The largest absolute Gasteiger partial charge is 0.317 e. The molecule has 0 aromatic carbocycles. The van der Waals surface area contributed by atoms with E-state index in [-0.39, 0.29) is 0 Å². The number of piperidine rings is 1. The maximum absolute atomic E-state index is 9.91. The zero-order chi connectivity index (χ0) is 7.94. The van der Waals surface area contributed by atoms with Crippen LogP contribution in [0.3, 0.4) is 0 Å². The maximum atomic E-state index is 9.91. The number of hydrogen-bond acceptors (Lipinski definition) is 2. The maximum Gasteiger partial charge on any atom is 0.198 e. The molecular formula is C9H16NO. The van der Waals surface area contributed by atoms with Gasteiger partial charge >= 0.3 is 0 Å². The van der Waals surface area contributed by atoms with E-state index in [1.807, 2.05) is 6.29 Å². The fourth-order valence-corrected chi connectivity index (χ4v) is 1.63. The summed E-state index contributed by atoms with van der Waals surface area (Å²) < 4.78 is 0. The molecule has 1 fully saturated rings. The fourth-order valence-electron chi connectivity index (χ4n) is 1.63. The lowest BCUT2D eigenvalue weighted by Crippen LogP contribution is -2.27. The first kappa shape index (κ1) is 8.72. The first-order chi connectivity index (χ1) is 5.43. The van der Waals surface area contributed by atoms with Gasteiger partial charge in [-0.15, -0.1) is 0 Å². The molecule has 1 aliphatic rings. The van der Waals surface area contributed by atoms with Crippen molar-refractivity contribution in [3.63, 3.8) is 0 Å². The van der Waals surface area contributed by atoms with Crippen LogP contribution in [0.15, 0.2) is 0 Å². The van der Waals surface area contributed by atoms with Crippen LogP contribution in [0.5, 0.6) is 0 Å². The first-order valence-electron chi connectivity index (χ1n) is 4.49. The van der Waals surface area contributed by atoms with E-state index in [1.54, 1.807) is 0 Å². The molecule has 0 amide bonds. The van der Waals surface area contributed by atoms with Crippen molar-refractivity contribution >= 4 is 6.29 Å². The molecule has 1 aliphatic heterocycles. The van der Waals surface area contributed by atoms with E-state index in [0.29, 0.717) is 6.42 Å². The van der Waals surface area contributed by atoms with Crippen molar-refractivity contribution in [2.45, 2.75) is 32.1 Å². The lowest BCUT2D eigenvalue weighted by atomic mass is 9.93. The minimum Gasteiger partial charge on any atom is -0.317 e. The molecule has 0 aromatic rings. The zero-order valence-corrected chi connectivity index (χ0v) is 6.94. The Kier molecular flexibility index (Phi) is 4.21. The summed E-state index contributed by atoms with van der Waals surface area (Å²) in [5.41, 5.74) is 0. The summed E-state index contributed by atoms with van der Waals surface area (Å²) in [5.74, 6) is 0.865. The molecule has 0 spiro atoms. The average Bonchev–Trinajstić information content (AvgIpc) is 2.07. The van der Waals surface area contributed by atoms with Gasteiger partial charge in [0.1, 0.15) is 0 Å². The molecule has 1 saturated heterocycles. The van der Waals surface area contributed by atoms with Crippen molar-refractivity contribution < 1.29 is 4.79 Å². The van der Waals surface area contributed by atoms with Crippen molar-refractivity contribution in [1.82, 2.24) is 5.32 Å². The lowest BCUT2D eigenvalue weighted by molar-refractivity contribution is 0.348. The summed E-state index contributed by atoms with van der Waals surface area (Å²) in [7, 11) is 0. The Hall–Kier alpha value is -0.370. The van der Waals surface area contributed by atoms with Crippen LogP contribution >= 0.6 is 0 Å². The van der Waals surface area contributed by atoms with Gasteiger partial charge in [0, 0.05) is 6.42 Å². The topological polar surface area (TPSA) is 29.1 Å². The summed E-state index contributed by atoms with van der Waals surface area (Å²) in [4.78, 5) is 9.91. The molecule has 1 radical (unpaired) electrons. The van der Waals surface area contributed by atoms with Gasteiger partial charge in [0.15, 0.2) is 6.29 Å². The van der Waals surface area contributed by atoms with Crippen LogP contribution in [0, 0.1) is 5.92 Å². The molecular weight excluding hydrogens is 138 g/mol. The van der Waals surface area contributed by atoms with Crippen molar-refractivity contribution in [2.75, 3.05) is 13.1 Å². The van der Waals surface area contributed by atoms with Crippen LogP contribution < -0.4 is 5.32 Å². The van der Waals surface area contributed by atoms with Gasteiger partial charge in [0.05, 0.1) is 0 Å². The van der Waals surface area contributed by atoms with Gasteiger partial charge in [0.25, 0.3) is 0 Å². The quantitative estimate of drug-likeness (QED) is 0.618. The second-order valence-electron chi connectivity index (χ2n) is 3.23. The molecule has 0 aliphatic carbocycles. The minimum absolute atomic E-state index is 0.629. The Balaban J connectivity index is 2.00. The van der Waals surface area contributed by atoms with Gasteiger partial charge in [-0.2, -0.15) is 0 Å². The minimum atomic E-state index is 0.629. The van der Waals surface area contributed by atoms with E-state index in [2.05, 4.69) is 5.32 Å². The van der Waals surface area contributed by atoms with Gasteiger partial charge in [-0.25, -0.2) is 0 Å². The Morgan fingerprint density at radius 1 is 1.36 bits per heavy atom. The van der Waals surface area contributed by atoms with Crippen molar-refractivity contribution in [1.29, 1.82) is 0 Å². The predicted octanol–water partition coefficient (Wildman–Crippen LogP) is 1.27. The summed E-state index contributed by atoms with van der Waals surface area (Å²) in [6.07, 6.45) is 7.41. The highest BCUT2D eigenvalue weighted by molar-refractivity contribution is 5.50. The SMILES string of the molecule is O=[C]CCCC1CCNCC1. The van der Waals surface area contributed by atoms with E-state index < -0.39 is 0 Å². The fraction of sp³-hybridized carbons (Fsp3) is 0.889. The Bertz CT molecular complexity index is 108. The van der Waals surface area contributed by atoms with E-state index in [9.17, 15) is 4.79 Å². The third-order valence-electron chi connectivity index (χ3n) is 2.35. The average molecular weight is 154 g/mol. The molecule has 63 valence electrons. The van der Waals surface area contributed by atoms with Crippen LogP contribution in [0.1, 0.15) is 32.1 Å². The summed E-state index contributed by atoms with van der Waals surface area (Å²) >= 11 is 0. The molecule has 0 saturated carbocycles. The molecule has 1 N–H and O–H groups in total. The Morgan fingerprint density at radius 2 is 2.09 bits per heavy atom. The lowest BCUT2D eigenvalue weighted by Gasteiger charge is -2.21. The smallest absolute Gasteiger partial charge is 0.198 e. The molecule has 0 unspecified atom stereocenters. The normalized spacial score (nSPS) is 20.0. The number of carbonyl (C=O) groups excluding carboxylic acids is 1. The summed E-state index contributed by atoms with van der Waals surface area (Å²) in [6, 6.07) is 0. The van der Waals surface area contributed by atoms with E-state index >= 15 is 0 Å². The number of unbranched alkanes of at least 4 members (excludes halogenated alkanes) is 1. The molecule has 1 rings (SSSR count). The predicted molar refractivity (Wildman–Crippen MR) is 45.1 cm³/mol. The highest BCUT2D eigenvalue weighted by atomic mass is 16.1. The second-order valence-corrected chi connectivity index (χ2v) is 3.23. The Labute approximate surface area is 68.4 Å². The molecule has 2 nitrogen and oxygen atoms in total. The van der Waals surface area contributed by atoms with Gasteiger partial charge in [0.2, 0.25) is 0 Å². The van der Waals surface area contributed by atoms with Crippen LogP contribution in [0.4, 0.5) is 0 Å². The van der Waals surface area contributed by atoms with Crippen molar-refractivity contribution in [3.8, 4) is 0 Å². The van der Waals surface area contributed by atoms with Gasteiger partial charge in [-0.1, -0.05) is 0 Å². The number of rotatable bonds is 4. The van der Waals surface area contributed by atoms with Crippen LogP contribution in [0.25, 0.3) is 0 Å². The van der Waals surface area contributed by atoms with E-state index in [4.69, 9.17) is 0 Å². The molecule has 1 heterocycles.